The zero-order valence-corrected chi connectivity index (χ0v) is 31.1. The number of hydrogen-bond donors (Lipinski definition) is 0. The van der Waals surface area contributed by atoms with Gasteiger partial charge in [-0.25, -0.2) is 0 Å². The number of nitrogens with zero attached hydrogens (tertiary/aromatic N) is 2. The van der Waals surface area contributed by atoms with E-state index in [-0.39, 0.29) is 11.8 Å². The standard InChI is InChI=1S/C38H38Br2N2O2S2/c1-3-5-7-9-11-25-13-17-27(18-14-25)41-35-33(29-21-23-31(39)45-29)38(44)42(28-19-15-26(16-20-28)12-10-8-6-4-2)36(35)34(37(41)43)30-22-24-32(40)46-30/h13-24H,3-12H2,1-2H3. The lowest BCUT2D eigenvalue weighted by Gasteiger charge is -2.20. The van der Waals surface area contributed by atoms with E-state index >= 15 is 0 Å². The van der Waals surface area contributed by atoms with Gasteiger partial charge in [0.15, 0.2) is 0 Å². The van der Waals surface area contributed by atoms with E-state index in [9.17, 15) is 9.59 Å². The molecule has 4 heterocycles. The molecule has 0 unspecified atom stereocenters. The number of anilines is 2. The molecule has 0 aliphatic carbocycles. The first kappa shape index (κ1) is 33.1. The van der Waals surface area contributed by atoms with Gasteiger partial charge in [-0.05, 0) is 117 Å². The van der Waals surface area contributed by atoms with Crippen LogP contribution in [0.15, 0.2) is 91.8 Å². The Balaban J connectivity index is 1.44. The second kappa shape index (κ2) is 15.0. The molecule has 2 aromatic carbocycles. The summed E-state index contributed by atoms with van der Waals surface area (Å²) in [4.78, 5) is 34.5. The zero-order chi connectivity index (χ0) is 32.2. The number of aryl methyl sites for hydroxylation is 2. The van der Waals surface area contributed by atoms with E-state index in [4.69, 9.17) is 0 Å². The highest BCUT2D eigenvalue weighted by Crippen LogP contribution is 2.52. The van der Waals surface area contributed by atoms with Crippen LogP contribution in [-0.4, -0.2) is 11.8 Å². The van der Waals surface area contributed by atoms with Crippen molar-refractivity contribution >= 4 is 88.9 Å². The summed E-state index contributed by atoms with van der Waals surface area (Å²) < 4.78 is 1.87. The molecule has 8 heteroatoms. The second-order valence-electron chi connectivity index (χ2n) is 11.9. The lowest BCUT2D eigenvalue weighted by Crippen LogP contribution is -2.27. The number of hydrogen-bond acceptors (Lipinski definition) is 4. The van der Waals surface area contributed by atoms with Crippen molar-refractivity contribution < 1.29 is 9.59 Å². The number of amides is 2. The van der Waals surface area contributed by atoms with Crippen LogP contribution in [0.3, 0.4) is 0 Å². The molecule has 46 heavy (non-hydrogen) atoms. The number of carbonyl (C=O) groups excluding carboxylic acids is 2. The lowest BCUT2D eigenvalue weighted by molar-refractivity contribution is -0.112. The van der Waals surface area contributed by atoms with Crippen molar-refractivity contribution in [2.24, 2.45) is 0 Å². The van der Waals surface area contributed by atoms with Gasteiger partial charge in [-0.1, -0.05) is 76.6 Å². The molecule has 4 aromatic rings. The summed E-state index contributed by atoms with van der Waals surface area (Å²) in [6.07, 6.45) is 11.7. The maximum Gasteiger partial charge on any atom is 0.266 e. The first-order valence-corrected chi connectivity index (χ1v) is 19.5. The molecule has 0 bridgehead atoms. The van der Waals surface area contributed by atoms with Crippen LogP contribution in [0.1, 0.15) is 86.1 Å². The number of halogens is 2. The molecule has 0 spiro atoms. The predicted octanol–water partition coefficient (Wildman–Crippen LogP) is 11.8. The van der Waals surface area contributed by atoms with Gasteiger partial charge in [0.2, 0.25) is 0 Å². The lowest BCUT2D eigenvalue weighted by atomic mass is 10.1. The molecule has 2 amide bonds. The first-order valence-electron chi connectivity index (χ1n) is 16.3. The average molecular weight is 779 g/mol. The van der Waals surface area contributed by atoms with Crippen molar-refractivity contribution in [1.29, 1.82) is 0 Å². The van der Waals surface area contributed by atoms with E-state index in [0.29, 0.717) is 22.5 Å². The third kappa shape index (κ3) is 6.77. The number of thiophene rings is 2. The second-order valence-corrected chi connectivity index (χ2v) is 16.8. The summed E-state index contributed by atoms with van der Waals surface area (Å²) in [5.74, 6) is -0.235. The Hall–Kier alpha value is -2.78. The summed E-state index contributed by atoms with van der Waals surface area (Å²) in [6, 6.07) is 24.5. The number of benzene rings is 2. The minimum Gasteiger partial charge on any atom is -0.274 e. The summed E-state index contributed by atoms with van der Waals surface area (Å²) in [6.45, 7) is 4.45. The van der Waals surface area contributed by atoms with Crippen molar-refractivity contribution in [1.82, 2.24) is 0 Å². The van der Waals surface area contributed by atoms with Gasteiger partial charge < -0.3 is 0 Å². The number of carbonyl (C=O) groups is 2. The molecule has 0 saturated carbocycles. The van der Waals surface area contributed by atoms with E-state index in [0.717, 1.165) is 54.4 Å². The Morgan fingerprint density at radius 2 is 0.913 bits per heavy atom. The fourth-order valence-electron chi connectivity index (χ4n) is 6.27. The summed E-state index contributed by atoms with van der Waals surface area (Å²) in [5.41, 5.74) is 6.48. The maximum atomic E-state index is 14.6. The number of fused-ring (bicyclic) bond motifs is 1. The molecule has 4 nitrogen and oxygen atoms in total. The quantitative estimate of drug-likeness (QED) is 0.120. The SMILES string of the molecule is CCCCCCc1ccc(N2C(=O)C(c3ccc(Br)s3)=C3C2=C(c2ccc(Br)s2)C(=O)N3c2ccc(CCCCCC)cc2)cc1. The Labute approximate surface area is 297 Å². The van der Waals surface area contributed by atoms with E-state index in [1.165, 1.54) is 72.3 Å². The van der Waals surface area contributed by atoms with Crippen LogP contribution in [0.5, 0.6) is 0 Å². The molecule has 0 atom stereocenters. The van der Waals surface area contributed by atoms with E-state index in [2.05, 4.69) is 70.0 Å². The minimum atomic E-state index is -0.117. The molecule has 0 N–H and O–H groups in total. The van der Waals surface area contributed by atoms with Crippen LogP contribution < -0.4 is 9.80 Å². The van der Waals surface area contributed by atoms with Gasteiger partial charge in [0.05, 0.1) is 30.1 Å². The van der Waals surface area contributed by atoms with Crippen molar-refractivity contribution in [3.05, 3.63) is 113 Å². The van der Waals surface area contributed by atoms with E-state index in [1.807, 2.05) is 48.5 Å². The molecule has 2 aromatic heterocycles. The summed E-state index contributed by atoms with van der Waals surface area (Å²) in [5, 5.41) is 0. The van der Waals surface area contributed by atoms with Gasteiger partial charge in [0.25, 0.3) is 11.8 Å². The Morgan fingerprint density at radius 1 is 0.522 bits per heavy atom. The molecule has 238 valence electrons. The van der Waals surface area contributed by atoms with Crippen molar-refractivity contribution in [2.45, 2.75) is 78.1 Å². The normalized spacial score (nSPS) is 14.8. The highest BCUT2D eigenvalue weighted by Gasteiger charge is 2.50. The van der Waals surface area contributed by atoms with Gasteiger partial charge in [-0.2, -0.15) is 0 Å². The molecule has 0 saturated heterocycles. The number of unbranched alkanes of at least 4 members (excludes halogenated alkanes) is 6. The molecular weight excluding hydrogens is 740 g/mol. The van der Waals surface area contributed by atoms with Gasteiger partial charge in [0.1, 0.15) is 0 Å². The van der Waals surface area contributed by atoms with Crippen molar-refractivity contribution in [3.63, 3.8) is 0 Å². The summed E-state index contributed by atoms with van der Waals surface area (Å²) >= 11 is 10.2. The molecule has 2 aliphatic heterocycles. The fourth-order valence-corrected chi connectivity index (χ4v) is 9.12. The van der Waals surface area contributed by atoms with Crippen LogP contribution in [-0.2, 0) is 22.4 Å². The van der Waals surface area contributed by atoms with Crippen LogP contribution >= 0.6 is 54.5 Å². The largest absolute Gasteiger partial charge is 0.274 e. The highest BCUT2D eigenvalue weighted by molar-refractivity contribution is 9.11. The van der Waals surface area contributed by atoms with Crippen LogP contribution in [0, 0.1) is 0 Å². The molecule has 2 aliphatic rings. The molecular formula is C38H38Br2N2O2S2. The fraction of sp³-hybridized carbons (Fsp3) is 0.316. The number of rotatable bonds is 14. The third-order valence-corrected chi connectivity index (χ3v) is 11.9. The molecule has 6 rings (SSSR count). The van der Waals surface area contributed by atoms with Gasteiger partial charge in [-0.3, -0.25) is 19.4 Å². The average Bonchev–Trinajstić information content (AvgIpc) is 3.81. The smallest absolute Gasteiger partial charge is 0.266 e. The minimum absolute atomic E-state index is 0.117. The molecule has 0 radical (unpaired) electrons. The van der Waals surface area contributed by atoms with Gasteiger partial charge >= 0.3 is 0 Å². The topological polar surface area (TPSA) is 40.6 Å². The third-order valence-electron chi connectivity index (χ3n) is 8.65. The van der Waals surface area contributed by atoms with Gasteiger partial charge in [0, 0.05) is 21.1 Å². The Bertz CT molecular complexity index is 1650. The summed E-state index contributed by atoms with van der Waals surface area (Å²) in [7, 11) is 0. The van der Waals surface area contributed by atoms with Crippen molar-refractivity contribution in [3.8, 4) is 0 Å². The van der Waals surface area contributed by atoms with Crippen LogP contribution in [0.25, 0.3) is 11.1 Å². The van der Waals surface area contributed by atoms with Crippen LogP contribution in [0.4, 0.5) is 11.4 Å². The zero-order valence-electron chi connectivity index (χ0n) is 26.3. The molecule has 0 fully saturated rings. The maximum absolute atomic E-state index is 14.6. The Morgan fingerprint density at radius 3 is 1.24 bits per heavy atom. The van der Waals surface area contributed by atoms with E-state index < -0.39 is 0 Å². The highest BCUT2D eigenvalue weighted by atomic mass is 79.9. The Kier molecular flexibility index (Phi) is 10.8. The van der Waals surface area contributed by atoms with Gasteiger partial charge in [-0.15, -0.1) is 22.7 Å². The predicted molar refractivity (Wildman–Crippen MR) is 201 cm³/mol. The van der Waals surface area contributed by atoms with Crippen molar-refractivity contribution in [2.75, 3.05) is 9.80 Å². The monoisotopic (exact) mass is 776 g/mol. The van der Waals surface area contributed by atoms with Crippen LogP contribution in [0.2, 0.25) is 0 Å². The first-order chi connectivity index (χ1) is 22.4. The van der Waals surface area contributed by atoms with E-state index in [1.54, 1.807) is 9.80 Å².